The Hall–Kier alpha value is -0.910. The maximum atomic E-state index is 5.87. The van der Waals surface area contributed by atoms with E-state index >= 15 is 0 Å². The Morgan fingerprint density at radius 1 is 1.45 bits per heavy atom. The molecule has 1 aliphatic rings. The van der Waals surface area contributed by atoms with E-state index in [2.05, 4.69) is 47.5 Å². The second-order valence-electron chi connectivity index (χ2n) is 6.53. The molecule has 0 spiro atoms. The maximum absolute atomic E-state index is 5.87. The van der Waals surface area contributed by atoms with Crippen molar-refractivity contribution in [3.05, 3.63) is 18.2 Å². The molecule has 1 unspecified atom stereocenters. The third-order valence-electron chi connectivity index (χ3n) is 3.67. The number of hydrogen-bond acceptors (Lipinski definition) is 4. The van der Waals surface area contributed by atoms with Gasteiger partial charge in [0, 0.05) is 31.4 Å². The fourth-order valence-corrected chi connectivity index (χ4v) is 2.41. The number of likely N-dealkylation sites (N-methyl/N-ethyl adjacent to an activating group) is 1. The lowest BCUT2D eigenvalue weighted by atomic mass is 10.1. The molecule has 1 saturated heterocycles. The van der Waals surface area contributed by atoms with Gasteiger partial charge in [0.2, 0.25) is 0 Å². The second-order valence-corrected chi connectivity index (χ2v) is 6.53. The van der Waals surface area contributed by atoms with Crippen LogP contribution in [0.2, 0.25) is 0 Å². The van der Waals surface area contributed by atoms with Gasteiger partial charge in [-0.1, -0.05) is 6.92 Å². The molecule has 1 atom stereocenters. The fourth-order valence-electron chi connectivity index (χ4n) is 2.41. The zero-order valence-electron chi connectivity index (χ0n) is 13.2. The highest BCUT2D eigenvalue weighted by Crippen LogP contribution is 2.10. The lowest BCUT2D eigenvalue weighted by Crippen LogP contribution is -2.44. The van der Waals surface area contributed by atoms with Gasteiger partial charge >= 0.3 is 0 Å². The Kier molecular flexibility index (Phi) is 5.18. The van der Waals surface area contributed by atoms with Crippen LogP contribution in [0.5, 0.6) is 0 Å². The molecule has 0 amide bonds. The van der Waals surface area contributed by atoms with Crippen LogP contribution < -0.4 is 5.32 Å². The summed E-state index contributed by atoms with van der Waals surface area (Å²) in [6, 6.07) is 0. The largest absolute Gasteiger partial charge is 0.374 e. The minimum absolute atomic E-state index is 0.120. The van der Waals surface area contributed by atoms with Gasteiger partial charge in [0.15, 0.2) is 0 Å². The SMILES string of the molecule is CCN1CCOC(Cn2cncc2CNC(C)(C)C)C1. The van der Waals surface area contributed by atoms with Gasteiger partial charge in [-0.2, -0.15) is 0 Å². The van der Waals surface area contributed by atoms with Gasteiger partial charge in [-0.05, 0) is 27.3 Å². The van der Waals surface area contributed by atoms with Crippen LogP contribution in [0, 0.1) is 0 Å². The van der Waals surface area contributed by atoms with Gasteiger partial charge in [0.05, 0.1) is 31.3 Å². The van der Waals surface area contributed by atoms with E-state index in [1.165, 1.54) is 5.69 Å². The number of nitrogens with one attached hydrogen (secondary N) is 1. The average molecular weight is 280 g/mol. The van der Waals surface area contributed by atoms with Crippen LogP contribution >= 0.6 is 0 Å². The minimum atomic E-state index is 0.120. The number of aromatic nitrogens is 2. The maximum Gasteiger partial charge on any atom is 0.0949 e. The van der Waals surface area contributed by atoms with Crippen molar-refractivity contribution in [3.8, 4) is 0 Å². The monoisotopic (exact) mass is 280 g/mol. The van der Waals surface area contributed by atoms with Crippen molar-refractivity contribution < 1.29 is 4.74 Å². The van der Waals surface area contributed by atoms with Crippen molar-refractivity contribution in [2.75, 3.05) is 26.2 Å². The molecule has 0 bridgehead atoms. The highest BCUT2D eigenvalue weighted by Gasteiger charge is 2.20. The van der Waals surface area contributed by atoms with E-state index < -0.39 is 0 Å². The fraction of sp³-hybridized carbons (Fsp3) is 0.800. The number of imidazole rings is 1. The van der Waals surface area contributed by atoms with Crippen LogP contribution in [-0.2, 0) is 17.8 Å². The zero-order chi connectivity index (χ0) is 14.6. The van der Waals surface area contributed by atoms with E-state index in [1.807, 2.05) is 12.5 Å². The number of ether oxygens (including phenoxy) is 1. The Balaban J connectivity index is 1.91. The molecule has 1 aromatic heterocycles. The molecule has 1 N–H and O–H groups in total. The Labute approximate surface area is 122 Å². The van der Waals surface area contributed by atoms with Crippen molar-refractivity contribution in [2.45, 2.75) is 52.4 Å². The minimum Gasteiger partial charge on any atom is -0.374 e. The third kappa shape index (κ3) is 4.58. The summed E-state index contributed by atoms with van der Waals surface area (Å²) in [4.78, 5) is 6.72. The van der Waals surface area contributed by atoms with Gasteiger partial charge in [0.1, 0.15) is 0 Å². The normalized spacial score (nSPS) is 21.3. The van der Waals surface area contributed by atoms with Crippen molar-refractivity contribution in [1.29, 1.82) is 0 Å². The molecular formula is C15H28N4O. The quantitative estimate of drug-likeness (QED) is 0.887. The standard InChI is InChI=1S/C15H28N4O/c1-5-18-6-7-20-14(10-18)11-19-12-16-8-13(19)9-17-15(2,3)4/h8,12,14,17H,5-7,9-11H2,1-4H3. The summed E-state index contributed by atoms with van der Waals surface area (Å²) >= 11 is 0. The molecule has 1 fully saturated rings. The molecule has 1 aromatic rings. The molecule has 1 aliphatic heterocycles. The summed E-state index contributed by atoms with van der Waals surface area (Å²) in [5, 5.41) is 3.51. The summed E-state index contributed by atoms with van der Waals surface area (Å²) in [5.74, 6) is 0. The number of morpholine rings is 1. The van der Waals surface area contributed by atoms with Gasteiger partial charge in [-0.3, -0.25) is 4.90 Å². The first-order valence-corrected chi connectivity index (χ1v) is 7.56. The molecule has 0 aliphatic carbocycles. The summed E-state index contributed by atoms with van der Waals surface area (Å²) in [6.45, 7) is 14.5. The second kappa shape index (κ2) is 6.70. The van der Waals surface area contributed by atoms with Crippen LogP contribution in [0.25, 0.3) is 0 Å². The predicted molar refractivity (Wildman–Crippen MR) is 80.7 cm³/mol. The smallest absolute Gasteiger partial charge is 0.0949 e. The summed E-state index contributed by atoms with van der Waals surface area (Å²) in [5.41, 5.74) is 1.34. The molecule has 2 rings (SSSR count). The first kappa shape index (κ1) is 15.5. The topological polar surface area (TPSA) is 42.3 Å². The van der Waals surface area contributed by atoms with Gasteiger partial charge in [-0.25, -0.2) is 4.98 Å². The van der Waals surface area contributed by atoms with Gasteiger partial charge in [-0.15, -0.1) is 0 Å². The van der Waals surface area contributed by atoms with Crippen LogP contribution in [0.4, 0.5) is 0 Å². The third-order valence-corrected chi connectivity index (χ3v) is 3.67. The summed E-state index contributed by atoms with van der Waals surface area (Å²) in [7, 11) is 0. The summed E-state index contributed by atoms with van der Waals surface area (Å²) < 4.78 is 8.08. The molecule has 114 valence electrons. The van der Waals surface area contributed by atoms with Crippen LogP contribution in [-0.4, -0.2) is 52.3 Å². The lowest BCUT2D eigenvalue weighted by molar-refractivity contribution is -0.0346. The van der Waals surface area contributed by atoms with Crippen LogP contribution in [0.1, 0.15) is 33.4 Å². The van der Waals surface area contributed by atoms with Crippen LogP contribution in [0.15, 0.2) is 12.5 Å². The van der Waals surface area contributed by atoms with Crippen LogP contribution in [0.3, 0.4) is 0 Å². The van der Waals surface area contributed by atoms with E-state index in [0.29, 0.717) is 0 Å². The average Bonchev–Trinajstić information content (AvgIpc) is 2.83. The van der Waals surface area contributed by atoms with Crippen molar-refractivity contribution in [2.24, 2.45) is 0 Å². The zero-order valence-corrected chi connectivity index (χ0v) is 13.2. The molecule has 5 nitrogen and oxygen atoms in total. The number of nitrogens with zero attached hydrogens (tertiary/aromatic N) is 3. The highest BCUT2D eigenvalue weighted by atomic mass is 16.5. The van der Waals surface area contributed by atoms with Gasteiger partial charge < -0.3 is 14.6 Å². The summed E-state index contributed by atoms with van der Waals surface area (Å²) in [6.07, 6.45) is 4.12. The molecule has 0 aromatic carbocycles. The van der Waals surface area contributed by atoms with Crippen molar-refractivity contribution in [3.63, 3.8) is 0 Å². The number of hydrogen-bond donors (Lipinski definition) is 1. The first-order valence-electron chi connectivity index (χ1n) is 7.56. The number of rotatable bonds is 5. The predicted octanol–water partition coefficient (Wildman–Crippen LogP) is 1.49. The Bertz CT molecular complexity index is 410. The van der Waals surface area contributed by atoms with Gasteiger partial charge in [0.25, 0.3) is 0 Å². The van der Waals surface area contributed by atoms with Crippen molar-refractivity contribution in [1.82, 2.24) is 19.8 Å². The molecule has 20 heavy (non-hydrogen) atoms. The van der Waals surface area contributed by atoms with E-state index in [4.69, 9.17) is 4.74 Å². The Morgan fingerprint density at radius 2 is 2.25 bits per heavy atom. The van der Waals surface area contributed by atoms with E-state index in [1.54, 1.807) is 0 Å². The molecule has 0 saturated carbocycles. The first-order chi connectivity index (χ1) is 9.48. The van der Waals surface area contributed by atoms with E-state index in [-0.39, 0.29) is 11.6 Å². The van der Waals surface area contributed by atoms with E-state index in [0.717, 1.165) is 39.3 Å². The van der Waals surface area contributed by atoms with Crippen molar-refractivity contribution >= 4 is 0 Å². The molecular weight excluding hydrogens is 252 g/mol. The molecule has 5 heteroatoms. The Morgan fingerprint density at radius 3 is 2.95 bits per heavy atom. The molecule has 2 heterocycles. The van der Waals surface area contributed by atoms with E-state index in [9.17, 15) is 0 Å². The molecule has 0 radical (unpaired) electrons. The lowest BCUT2D eigenvalue weighted by Gasteiger charge is -2.32. The highest BCUT2D eigenvalue weighted by molar-refractivity contribution is 4.99.